The van der Waals surface area contributed by atoms with Crippen LogP contribution in [0, 0.1) is 0 Å². The zero-order chi connectivity index (χ0) is 10.7. The van der Waals surface area contributed by atoms with Gasteiger partial charge in [0.1, 0.15) is 5.75 Å². The van der Waals surface area contributed by atoms with Gasteiger partial charge in [-0.1, -0.05) is 12.1 Å². The molecule has 3 nitrogen and oxygen atoms in total. The molecule has 1 heterocycles. The van der Waals surface area contributed by atoms with Crippen LogP contribution in [-0.4, -0.2) is 16.7 Å². The van der Waals surface area contributed by atoms with Crippen LogP contribution in [0.2, 0.25) is 0 Å². The molecule has 2 rings (SSSR count). The lowest BCUT2D eigenvalue weighted by Gasteiger charge is -2.13. The molecule has 0 unspecified atom stereocenters. The van der Waals surface area contributed by atoms with E-state index in [2.05, 4.69) is 28.6 Å². The maximum Gasteiger partial charge on any atom is 0.118 e. The summed E-state index contributed by atoms with van der Waals surface area (Å²) >= 11 is 0. The second-order valence-electron chi connectivity index (χ2n) is 3.46. The van der Waals surface area contributed by atoms with Crippen LogP contribution >= 0.6 is 0 Å². The highest BCUT2D eigenvalue weighted by molar-refractivity contribution is 5.29. The highest BCUT2D eigenvalue weighted by atomic mass is 16.5. The number of hydrogen-bond donors (Lipinski definition) is 0. The lowest BCUT2D eigenvalue weighted by molar-refractivity contribution is 0.414. The van der Waals surface area contributed by atoms with Crippen molar-refractivity contribution in [1.82, 2.24) is 9.55 Å². The summed E-state index contributed by atoms with van der Waals surface area (Å²) in [5.74, 6) is 0.886. The standard InChI is InChI=1S/C12H14N2O/c1-10(14-8-7-13-9-14)11-3-5-12(15-2)6-4-11/h3-10H,1-2H3/t10-/m0/s1. The molecule has 2 aromatic rings. The van der Waals surface area contributed by atoms with E-state index in [1.165, 1.54) is 5.56 Å². The Kier molecular flexibility index (Phi) is 2.72. The van der Waals surface area contributed by atoms with Gasteiger partial charge in [0.2, 0.25) is 0 Å². The Morgan fingerprint density at radius 3 is 2.53 bits per heavy atom. The smallest absolute Gasteiger partial charge is 0.118 e. The van der Waals surface area contributed by atoms with E-state index in [1.54, 1.807) is 13.3 Å². The van der Waals surface area contributed by atoms with Crippen molar-refractivity contribution < 1.29 is 4.74 Å². The fourth-order valence-corrected chi connectivity index (χ4v) is 1.55. The Morgan fingerprint density at radius 2 is 2.00 bits per heavy atom. The molecular weight excluding hydrogens is 188 g/mol. The largest absolute Gasteiger partial charge is 0.497 e. The predicted octanol–water partition coefficient (Wildman–Crippen LogP) is 2.50. The summed E-state index contributed by atoms with van der Waals surface area (Å²) in [6, 6.07) is 8.40. The minimum Gasteiger partial charge on any atom is -0.497 e. The lowest BCUT2D eigenvalue weighted by Crippen LogP contribution is -2.03. The van der Waals surface area contributed by atoms with E-state index in [1.807, 2.05) is 24.7 Å². The summed E-state index contributed by atoms with van der Waals surface area (Å²) in [4.78, 5) is 4.04. The van der Waals surface area contributed by atoms with Gasteiger partial charge in [0, 0.05) is 12.4 Å². The molecule has 0 bridgehead atoms. The Labute approximate surface area is 89.3 Å². The number of rotatable bonds is 3. The zero-order valence-electron chi connectivity index (χ0n) is 8.92. The van der Waals surface area contributed by atoms with Crippen LogP contribution in [0.4, 0.5) is 0 Å². The second-order valence-corrected chi connectivity index (χ2v) is 3.46. The van der Waals surface area contributed by atoms with Gasteiger partial charge < -0.3 is 9.30 Å². The molecule has 0 radical (unpaired) electrons. The second kappa shape index (κ2) is 4.17. The maximum absolute atomic E-state index is 5.12. The predicted molar refractivity (Wildman–Crippen MR) is 59.0 cm³/mol. The van der Waals surface area contributed by atoms with E-state index in [0.29, 0.717) is 6.04 Å². The molecule has 0 spiro atoms. The van der Waals surface area contributed by atoms with Crippen LogP contribution in [0.25, 0.3) is 0 Å². The number of methoxy groups -OCH3 is 1. The van der Waals surface area contributed by atoms with Gasteiger partial charge in [-0.3, -0.25) is 0 Å². The third-order valence-electron chi connectivity index (χ3n) is 2.57. The monoisotopic (exact) mass is 202 g/mol. The Hall–Kier alpha value is -1.77. The van der Waals surface area contributed by atoms with Gasteiger partial charge in [0.15, 0.2) is 0 Å². The summed E-state index contributed by atoms with van der Waals surface area (Å²) in [7, 11) is 1.67. The molecule has 0 aliphatic heterocycles. The topological polar surface area (TPSA) is 27.1 Å². The van der Waals surface area contributed by atoms with Gasteiger partial charge in [0.25, 0.3) is 0 Å². The summed E-state index contributed by atoms with van der Waals surface area (Å²) in [5, 5.41) is 0. The fraction of sp³-hybridized carbons (Fsp3) is 0.250. The number of aromatic nitrogens is 2. The van der Waals surface area contributed by atoms with E-state index in [-0.39, 0.29) is 0 Å². The molecule has 0 saturated heterocycles. The van der Waals surface area contributed by atoms with Crippen molar-refractivity contribution >= 4 is 0 Å². The minimum atomic E-state index is 0.304. The molecule has 0 fully saturated rings. The quantitative estimate of drug-likeness (QED) is 0.764. The Balaban J connectivity index is 2.22. The number of benzene rings is 1. The number of nitrogens with zero attached hydrogens (tertiary/aromatic N) is 2. The van der Waals surface area contributed by atoms with E-state index in [4.69, 9.17) is 4.74 Å². The van der Waals surface area contributed by atoms with E-state index in [0.717, 1.165) is 5.75 Å². The number of imidazole rings is 1. The third-order valence-corrected chi connectivity index (χ3v) is 2.57. The normalized spacial score (nSPS) is 12.4. The Morgan fingerprint density at radius 1 is 1.27 bits per heavy atom. The average Bonchev–Trinajstić information content (AvgIpc) is 2.82. The van der Waals surface area contributed by atoms with Gasteiger partial charge in [-0.2, -0.15) is 0 Å². The van der Waals surface area contributed by atoms with Crippen molar-refractivity contribution in [2.45, 2.75) is 13.0 Å². The van der Waals surface area contributed by atoms with Crippen LogP contribution in [-0.2, 0) is 0 Å². The summed E-state index contributed by atoms with van der Waals surface area (Å²) in [6.07, 6.45) is 5.59. The first-order chi connectivity index (χ1) is 7.31. The Bertz CT molecular complexity index is 406. The van der Waals surface area contributed by atoms with Gasteiger partial charge in [-0.15, -0.1) is 0 Å². The van der Waals surface area contributed by atoms with Crippen molar-refractivity contribution in [2.24, 2.45) is 0 Å². The minimum absolute atomic E-state index is 0.304. The molecule has 0 saturated carbocycles. The molecule has 78 valence electrons. The van der Waals surface area contributed by atoms with Crippen molar-refractivity contribution in [3.05, 3.63) is 48.5 Å². The van der Waals surface area contributed by atoms with Gasteiger partial charge in [-0.25, -0.2) is 4.98 Å². The molecule has 0 aliphatic rings. The van der Waals surface area contributed by atoms with Crippen LogP contribution < -0.4 is 4.74 Å². The van der Waals surface area contributed by atoms with Crippen LogP contribution in [0.15, 0.2) is 43.0 Å². The van der Waals surface area contributed by atoms with E-state index < -0.39 is 0 Å². The van der Waals surface area contributed by atoms with Crippen molar-refractivity contribution in [3.8, 4) is 5.75 Å². The summed E-state index contributed by atoms with van der Waals surface area (Å²) in [5.41, 5.74) is 1.24. The molecule has 15 heavy (non-hydrogen) atoms. The molecule has 0 aliphatic carbocycles. The molecular formula is C12H14N2O. The molecule has 1 aromatic heterocycles. The van der Waals surface area contributed by atoms with Gasteiger partial charge in [0.05, 0.1) is 19.5 Å². The van der Waals surface area contributed by atoms with Gasteiger partial charge in [-0.05, 0) is 24.6 Å². The third kappa shape index (κ3) is 2.01. The number of hydrogen-bond acceptors (Lipinski definition) is 2. The maximum atomic E-state index is 5.12. The summed E-state index contributed by atoms with van der Waals surface area (Å²) in [6.45, 7) is 2.14. The van der Waals surface area contributed by atoms with E-state index in [9.17, 15) is 0 Å². The number of ether oxygens (including phenoxy) is 1. The first-order valence-electron chi connectivity index (χ1n) is 4.92. The highest BCUT2D eigenvalue weighted by Crippen LogP contribution is 2.20. The molecule has 0 amide bonds. The van der Waals surface area contributed by atoms with Crippen molar-refractivity contribution in [3.63, 3.8) is 0 Å². The average molecular weight is 202 g/mol. The molecule has 3 heteroatoms. The van der Waals surface area contributed by atoms with Crippen LogP contribution in [0.5, 0.6) is 5.75 Å². The van der Waals surface area contributed by atoms with Gasteiger partial charge >= 0.3 is 0 Å². The summed E-state index contributed by atoms with van der Waals surface area (Å²) < 4.78 is 7.19. The first-order valence-corrected chi connectivity index (χ1v) is 4.92. The molecule has 1 atom stereocenters. The SMILES string of the molecule is COc1ccc([C@H](C)n2ccnc2)cc1. The highest BCUT2D eigenvalue weighted by Gasteiger charge is 2.06. The fourth-order valence-electron chi connectivity index (χ4n) is 1.55. The first kappa shape index (κ1) is 9.77. The molecule has 1 aromatic carbocycles. The van der Waals surface area contributed by atoms with Crippen LogP contribution in [0.3, 0.4) is 0 Å². The van der Waals surface area contributed by atoms with Crippen molar-refractivity contribution in [2.75, 3.05) is 7.11 Å². The molecule has 0 N–H and O–H groups in total. The van der Waals surface area contributed by atoms with E-state index >= 15 is 0 Å². The lowest BCUT2D eigenvalue weighted by atomic mass is 10.1. The van der Waals surface area contributed by atoms with Crippen molar-refractivity contribution in [1.29, 1.82) is 0 Å². The zero-order valence-corrected chi connectivity index (χ0v) is 8.92. The van der Waals surface area contributed by atoms with Crippen LogP contribution in [0.1, 0.15) is 18.5 Å².